The van der Waals surface area contributed by atoms with Gasteiger partial charge in [0.15, 0.2) is 0 Å². The van der Waals surface area contributed by atoms with Crippen LogP contribution in [0.3, 0.4) is 0 Å². The van der Waals surface area contributed by atoms with Gasteiger partial charge >= 0.3 is 0 Å². The van der Waals surface area contributed by atoms with Crippen molar-refractivity contribution in [1.82, 2.24) is 9.97 Å². The minimum absolute atomic E-state index is 0.324. The van der Waals surface area contributed by atoms with Gasteiger partial charge in [-0.05, 0) is 54.1 Å². The lowest BCUT2D eigenvalue weighted by molar-refractivity contribution is 0.102. The van der Waals surface area contributed by atoms with Gasteiger partial charge in [0.1, 0.15) is 11.6 Å². The fourth-order valence-corrected chi connectivity index (χ4v) is 2.08. The van der Waals surface area contributed by atoms with Gasteiger partial charge in [0.05, 0.1) is 19.0 Å². The number of halogens is 1. The maximum absolute atomic E-state index is 12.9. The Morgan fingerprint density at radius 1 is 1.13 bits per heavy atom. The summed E-state index contributed by atoms with van der Waals surface area (Å²) in [6.45, 7) is 0. The summed E-state index contributed by atoms with van der Waals surface area (Å²) < 4.78 is 18.0. The van der Waals surface area contributed by atoms with Crippen LogP contribution in [-0.2, 0) is 0 Å². The molecule has 0 aliphatic rings. The number of methoxy groups -OCH3 is 1. The Hall–Kier alpha value is -3.15. The van der Waals surface area contributed by atoms with Gasteiger partial charge < -0.3 is 9.72 Å². The molecule has 0 bridgehead atoms. The van der Waals surface area contributed by atoms with Gasteiger partial charge in [0.2, 0.25) is 5.95 Å². The number of H-pyrrole nitrogens is 1. The fourth-order valence-electron chi connectivity index (χ4n) is 2.08. The van der Waals surface area contributed by atoms with E-state index in [2.05, 4.69) is 15.3 Å². The molecule has 0 saturated carbocycles. The third-order valence-corrected chi connectivity index (χ3v) is 3.32. The number of aromatic amines is 1. The van der Waals surface area contributed by atoms with Crippen molar-refractivity contribution < 1.29 is 13.9 Å². The molecule has 0 aliphatic carbocycles. The number of anilines is 1. The number of aromatic nitrogens is 2. The molecule has 0 atom stereocenters. The van der Waals surface area contributed by atoms with Crippen molar-refractivity contribution in [3.8, 4) is 17.0 Å². The van der Waals surface area contributed by atoms with Gasteiger partial charge in [0.25, 0.3) is 5.91 Å². The molecular formula is C17H14FN3O2. The minimum atomic E-state index is -0.388. The number of rotatable bonds is 4. The number of nitrogens with one attached hydrogen (secondary N) is 2. The number of imidazole rings is 1. The van der Waals surface area contributed by atoms with Crippen molar-refractivity contribution in [3.05, 3.63) is 66.1 Å². The number of hydrogen-bond donors (Lipinski definition) is 2. The van der Waals surface area contributed by atoms with Crippen LogP contribution in [0.4, 0.5) is 10.3 Å². The van der Waals surface area contributed by atoms with E-state index in [1.807, 2.05) is 24.3 Å². The molecule has 0 unspecified atom stereocenters. The summed E-state index contributed by atoms with van der Waals surface area (Å²) in [6.07, 6.45) is 1.63. The third-order valence-electron chi connectivity index (χ3n) is 3.32. The maximum atomic E-state index is 12.9. The summed E-state index contributed by atoms with van der Waals surface area (Å²) in [6, 6.07) is 12.8. The Balaban J connectivity index is 1.73. The van der Waals surface area contributed by atoms with E-state index in [9.17, 15) is 9.18 Å². The Labute approximate surface area is 132 Å². The second kappa shape index (κ2) is 6.31. The van der Waals surface area contributed by atoms with E-state index in [1.165, 1.54) is 24.3 Å². The van der Waals surface area contributed by atoms with E-state index in [0.717, 1.165) is 17.0 Å². The molecule has 3 aromatic rings. The zero-order valence-corrected chi connectivity index (χ0v) is 12.3. The van der Waals surface area contributed by atoms with Gasteiger partial charge in [-0.1, -0.05) is 0 Å². The van der Waals surface area contributed by atoms with Gasteiger partial charge in [-0.15, -0.1) is 0 Å². The van der Waals surface area contributed by atoms with Crippen LogP contribution in [0, 0.1) is 5.82 Å². The molecule has 116 valence electrons. The maximum Gasteiger partial charge on any atom is 0.257 e. The van der Waals surface area contributed by atoms with Crippen LogP contribution in [-0.4, -0.2) is 23.0 Å². The summed E-state index contributed by atoms with van der Waals surface area (Å²) in [5.41, 5.74) is 2.04. The molecule has 0 saturated heterocycles. The molecular weight excluding hydrogens is 297 g/mol. The van der Waals surface area contributed by atoms with Gasteiger partial charge in [-0.2, -0.15) is 0 Å². The fraction of sp³-hybridized carbons (Fsp3) is 0.0588. The summed E-state index contributed by atoms with van der Waals surface area (Å²) >= 11 is 0. The first-order valence-electron chi connectivity index (χ1n) is 6.92. The number of carbonyl (C=O) groups excluding carboxylic acids is 1. The van der Waals surface area contributed by atoms with E-state index in [1.54, 1.807) is 13.3 Å². The number of nitrogens with zero attached hydrogens (tertiary/aromatic N) is 1. The number of hydrogen-bond acceptors (Lipinski definition) is 3. The molecule has 2 aromatic carbocycles. The Bertz CT molecular complexity index is 811. The predicted molar refractivity (Wildman–Crippen MR) is 84.9 cm³/mol. The monoisotopic (exact) mass is 311 g/mol. The molecule has 3 rings (SSSR count). The minimum Gasteiger partial charge on any atom is -0.497 e. The van der Waals surface area contributed by atoms with E-state index in [4.69, 9.17) is 4.74 Å². The molecule has 2 N–H and O–H groups in total. The van der Waals surface area contributed by atoms with Crippen molar-refractivity contribution in [2.75, 3.05) is 12.4 Å². The SMILES string of the molecule is COc1ccc(-c2cnc(NC(=O)c3ccc(F)cc3)[nH]2)cc1. The molecule has 0 radical (unpaired) electrons. The van der Waals surface area contributed by atoms with Gasteiger partial charge in [-0.3, -0.25) is 10.1 Å². The molecule has 0 fully saturated rings. The largest absolute Gasteiger partial charge is 0.497 e. The highest BCUT2D eigenvalue weighted by molar-refractivity contribution is 6.03. The van der Waals surface area contributed by atoms with Crippen molar-refractivity contribution in [2.45, 2.75) is 0 Å². The molecule has 0 spiro atoms. The van der Waals surface area contributed by atoms with Crippen molar-refractivity contribution in [1.29, 1.82) is 0 Å². The highest BCUT2D eigenvalue weighted by atomic mass is 19.1. The predicted octanol–water partition coefficient (Wildman–Crippen LogP) is 3.48. The second-order valence-electron chi connectivity index (χ2n) is 4.83. The molecule has 5 nitrogen and oxygen atoms in total. The van der Waals surface area contributed by atoms with Gasteiger partial charge in [-0.25, -0.2) is 9.37 Å². The normalized spacial score (nSPS) is 10.3. The highest BCUT2D eigenvalue weighted by Gasteiger charge is 2.09. The molecule has 6 heteroatoms. The van der Waals surface area contributed by atoms with Crippen molar-refractivity contribution in [3.63, 3.8) is 0 Å². The lowest BCUT2D eigenvalue weighted by Gasteiger charge is -2.02. The Kier molecular flexibility index (Phi) is 4.05. The summed E-state index contributed by atoms with van der Waals surface area (Å²) in [4.78, 5) is 19.2. The van der Waals surface area contributed by atoms with Crippen LogP contribution in [0.25, 0.3) is 11.3 Å². The molecule has 1 heterocycles. The van der Waals surface area contributed by atoms with Crippen LogP contribution in [0.15, 0.2) is 54.7 Å². The quantitative estimate of drug-likeness (QED) is 0.775. The van der Waals surface area contributed by atoms with Crippen LogP contribution < -0.4 is 10.1 Å². The topological polar surface area (TPSA) is 67.0 Å². The Morgan fingerprint density at radius 2 is 1.83 bits per heavy atom. The van der Waals surface area contributed by atoms with Crippen molar-refractivity contribution in [2.24, 2.45) is 0 Å². The summed E-state index contributed by atoms with van der Waals surface area (Å²) in [7, 11) is 1.61. The third kappa shape index (κ3) is 3.37. The van der Waals surface area contributed by atoms with E-state index < -0.39 is 0 Å². The zero-order valence-electron chi connectivity index (χ0n) is 12.3. The lowest BCUT2D eigenvalue weighted by atomic mass is 10.2. The van der Waals surface area contributed by atoms with Crippen LogP contribution in [0.5, 0.6) is 5.75 Å². The molecule has 0 aliphatic heterocycles. The zero-order chi connectivity index (χ0) is 16.2. The summed E-state index contributed by atoms with van der Waals surface area (Å²) in [5, 5.41) is 2.64. The average Bonchev–Trinajstić information content (AvgIpc) is 3.04. The number of ether oxygens (including phenoxy) is 1. The van der Waals surface area contributed by atoms with Crippen molar-refractivity contribution >= 4 is 11.9 Å². The van der Waals surface area contributed by atoms with E-state index >= 15 is 0 Å². The van der Waals surface area contributed by atoms with Gasteiger partial charge in [0, 0.05) is 5.56 Å². The first kappa shape index (κ1) is 14.8. The van der Waals surface area contributed by atoms with E-state index in [-0.39, 0.29) is 11.7 Å². The smallest absolute Gasteiger partial charge is 0.257 e. The second-order valence-corrected chi connectivity index (χ2v) is 4.83. The molecule has 1 aromatic heterocycles. The summed E-state index contributed by atoms with van der Waals surface area (Å²) in [5.74, 6) is 0.338. The number of benzene rings is 2. The Morgan fingerprint density at radius 3 is 2.48 bits per heavy atom. The van der Waals surface area contributed by atoms with Crippen LogP contribution >= 0.6 is 0 Å². The van der Waals surface area contributed by atoms with Crippen LogP contribution in [0.2, 0.25) is 0 Å². The average molecular weight is 311 g/mol. The first-order chi connectivity index (χ1) is 11.2. The number of amides is 1. The lowest BCUT2D eigenvalue weighted by Crippen LogP contribution is -2.12. The van der Waals surface area contributed by atoms with E-state index in [0.29, 0.717) is 11.5 Å². The highest BCUT2D eigenvalue weighted by Crippen LogP contribution is 2.21. The number of carbonyl (C=O) groups is 1. The first-order valence-corrected chi connectivity index (χ1v) is 6.92. The molecule has 23 heavy (non-hydrogen) atoms. The van der Waals surface area contributed by atoms with Crippen LogP contribution in [0.1, 0.15) is 10.4 Å². The molecule has 1 amide bonds. The standard InChI is InChI=1S/C17H14FN3O2/c1-23-14-8-4-11(5-9-14)15-10-19-17(20-15)21-16(22)12-2-6-13(18)7-3-12/h2-10H,1H3,(H2,19,20,21,22).